The molecule has 10 nitrogen and oxygen atoms in total. The van der Waals surface area contributed by atoms with E-state index in [0.29, 0.717) is 4.31 Å². The number of esters is 1. The number of carbonyl (C=O) groups is 2. The predicted molar refractivity (Wildman–Crippen MR) is 117 cm³/mol. The quantitative estimate of drug-likeness (QED) is 0.565. The van der Waals surface area contributed by atoms with Crippen LogP contribution in [0.2, 0.25) is 0 Å². The largest absolute Gasteiger partial charge is 0.492 e. The van der Waals surface area contributed by atoms with Crippen molar-refractivity contribution in [3.05, 3.63) is 48.0 Å². The molecule has 0 unspecified atom stereocenters. The fraction of sp³-hybridized carbons (Fsp3) is 0.300. The van der Waals surface area contributed by atoms with Crippen molar-refractivity contribution in [2.75, 3.05) is 28.0 Å². The Morgan fingerprint density at radius 3 is 2.34 bits per heavy atom. The third kappa shape index (κ3) is 4.86. The van der Waals surface area contributed by atoms with Gasteiger partial charge in [0, 0.05) is 12.1 Å². The number of hydrogen-bond acceptors (Lipinski definition) is 8. The van der Waals surface area contributed by atoms with Crippen LogP contribution < -0.4 is 13.8 Å². The minimum Gasteiger partial charge on any atom is -0.492 e. The number of ether oxygens (including phenoxy) is 2. The number of rotatable bonds is 8. The molecule has 172 valence electrons. The summed E-state index contributed by atoms with van der Waals surface area (Å²) in [6, 6.07) is 9.31. The van der Waals surface area contributed by atoms with E-state index in [1.165, 1.54) is 36.4 Å². The summed E-state index contributed by atoms with van der Waals surface area (Å²) >= 11 is 0. The van der Waals surface area contributed by atoms with Crippen molar-refractivity contribution in [1.29, 1.82) is 0 Å². The smallest absolute Gasteiger partial charge is 0.338 e. The zero-order valence-corrected chi connectivity index (χ0v) is 19.0. The first-order chi connectivity index (χ1) is 15.1. The van der Waals surface area contributed by atoms with Gasteiger partial charge in [-0.25, -0.2) is 25.9 Å². The Labute approximate surface area is 186 Å². The molecule has 1 heterocycles. The number of benzene rings is 2. The molecule has 1 aliphatic rings. The van der Waals surface area contributed by atoms with Gasteiger partial charge in [0.1, 0.15) is 10.6 Å². The van der Waals surface area contributed by atoms with Crippen LogP contribution in [0.5, 0.6) is 5.75 Å². The number of nitrogens with one attached hydrogen (secondary N) is 1. The molecule has 1 saturated heterocycles. The lowest BCUT2D eigenvalue weighted by molar-refractivity contribution is -0.116. The van der Waals surface area contributed by atoms with E-state index in [9.17, 15) is 26.4 Å². The zero-order valence-electron chi connectivity index (χ0n) is 17.4. The molecule has 0 aliphatic carbocycles. The van der Waals surface area contributed by atoms with E-state index in [0.717, 1.165) is 6.07 Å². The van der Waals surface area contributed by atoms with Crippen molar-refractivity contribution in [1.82, 2.24) is 0 Å². The molecule has 1 N–H and O–H groups in total. The minimum atomic E-state index is -4.24. The molecule has 3 rings (SSSR count). The van der Waals surface area contributed by atoms with Crippen LogP contribution in [0.4, 0.5) is 11.4 Å². The summed E-state index contributed by atoms with van der Waals surface area (Å²) in [5.74, 6) is -1.52. The highest BCUT2D eigenvalue weighted by molar-refractivity contribution is 7.94. The molecule has 1 aliphatic heterocycles. The Morgan fingerprint density at radius 2 is 1.78 bits per heavy atom. The number of sulfonamides is 2. The van der Waals surface area contributed by atoms with Gasteiger partial charge in [0.25, 0.3) is 10.0 Å². The van der Waals surface area contributed by atoms with Crippen LogP contribution >= 0.6 is 0 Å². The molecule has 2 aromatic carbocycles. The number of carbonyl (C=O) groups excluding carboxylic acids is 2. The second-order valence-corrected chi connectivity index (χ2v) is 10.3. The van der Waals surface area contributed by atoms with E-state index in [2.05, 4.69) is 4.72 Å². The summed E-state index contributed by atoms with van der Waals surface area (Å²) in [4.78, 5) is 23.5. The van der Waals surface area contributed by atoms with Gasteiger partial charge in [0.05, 0.1) is 30.2 Å². The molecule has 12 heteroatoms. The van der Waals surface area contributed by atoms with Crippen LogP contribution in [0.3, 0.4) is 0 Å². The van der Waals surface area contributed by atoms with E-state index in [1.54, 1.807) is 13.8 Å². The SMILES string of the molecule is CCOC(=O)c1ccc(NS(=O)(=O)c2cc(N3C(=O)CCS3(=O)=O)ccc2OCC)cc1. The van der Waals surface area contributed by atoms with Gasteiger partial charge in [-0.15, -0.1) is 0 Å². The Balaban J connectivity index is 1.97. The summed E-state index contributed by atoms with van der Waals surface area (Å²) in [5, 5.41) is 0. The summed E-state index contributed by atoms with van der Waals surface area (Å²) in [5.41, 5.74) is 0.328. The van der Waals surface area contributed by atoms with Crippen LogP contribution in [0.1, 0.15) is 30.6 Å². The van der Waals surface area contributed by atoms with Crippen molar-refractivity contribution in [3.63, 3.8) is 0 Å². The van der Waals surface area contributed by atoms with E-state index >= 15 is 0 Å². The molecule has 0 spiro atoms. The molecular formula is C20H22N2O8S2. The third-order valence-corrected chi connectivity index (χ3v) is 7.57. The number of anilines is 2. The van der Waals surface area contributed by atoms with Gasteiger partial charge in [-0.3, -0.25) is 9.52 Å². The van der Waals surface area contributed by atoms with Crippen LogP contribution in [-0.2, 0) is 29.6 Å². The molecule has 0 aromatic heterocycles. The minimum absolute atomic E-state index is 0.00376. The van der Waals surface area contributed by atoms with E-state index in [1.807, 2.05) is 0 Å². The maximum absolute atomic E-state index is 13.1. The van der Waals surface area contributed by atoms with Crippen molar-refractivity contribution in [3.8, 4) is 5.75 Å². The second kappa shape index (κ2) is 9.17. The first kappa shape index (κ1) is 23.5. The lowest BCUT2D eigenvalue weighted by Gasteiger charge is -2.18. The maximum atomic E-state index is 13.1. The Morgan fingerprint density at radius 1 is 1.09 bits per heavy atom. The van der Waals surface area contributed by atoms with Gasteiger partial charge < -0.3 is 9.47 Å². The first-order valence-electron chi connectivity index (χ1n) is 9.71. The molecule has 0 bridgehead atoms. The Bertz CT molecular complexity index is 1240. The summed E-state index contributed by atoms with van der Waals surface area (Å²) < 4.78 is 63.9. The Kier molecular flexibility index (Phi) is 6.74. The zero-order chi connectivity index (χ0) is 23.5. The summed E-state index contributed by atoms with van der Waals surface area (Å²) in [6.45, 7) is 3.71. The van der Waals surface area contributed by atoms with Gasteiger partial charge in [0.2, 0.25) is 15.9 Å². The maximum Gasteiger partial charge on any atom is 0.338 e. The predicted octanol–water partition coefficient (Wildman–Crippen LogP) is 2.13. The third-order valence-electron chi connectivity index (χ3n) is 4.48. The van der Waals surface area contributed by atoms with E-state index < -0.39 is 31.9 Å². The van der Waals surface area contributed by atoms with Crippen LogP contribution in [-0.4, -0.2) is 47.7 Å². The molecule has 0 atom stereocenters. The van der Waals surface area contributed by atoms with Gasteiger partial charge >= 0.3 is 5.97 Å². The Hall–Kier alpha value is -3.12. The van der Waals surface area contributed by atoms with Crippen LogP contribution in [0.25, 0.3) is 0 Å². The van der Waals surface area contributed by atoms with Gasteiger partial charge in [-0.2, -0.15) is 0 Å². The lowest BCUT2D eigenvalue weighted by atomic mass is 10.2. The fourth-order valence-corrected chi connectivity index (χ4v) is 5.75. The van der Waals surface area contributed by atoms with Gasteiger partial charge in [-0.05, 0) is 56.3 Å². The average molecular weight is 483 g/mol. The highest BCUT2D eigenvalue weighted by atomic mass is 32.2. The highest BCUT2D eigenvalue weighted by Crippen LogP contribution is 2.33. The lowest BCUT2D eigenvalue weighted by Crippen LogP contribution is -2.29. The second-order valence-electron chi connectivity index (χ2n) is 6.69. The molecular weight excluding hydrogens is 460 g/mol. The molecule has 0 saturated carbocycles. The van der Waals surface area contributed by atoms with Gasteiger partial charge in [0.15, 0.2) is 0 Å². The summed E-state index contributed by atoms with van der Waals surface area (Å²) in [6.07, 6.45) is -0.178. The highest BCUT2D eigenvalue weighted by Gasteiger charge is 2.37. The normalized spacial score (nSPS) is 15.4. The fourth-order valence-electron chi connectivity index (χ4n) is 3.08. The van der Waals surface area contributed by atoms with E-state index in [4.69, 9.17) is 9.47 Å². The average Bonchev–Trinajstić information content (AvgIpc) is 3.01. The van der Waals surface area contributed by atoms with Crippen molar-refractivity contribution < 1.29 is 35.9 Å². The molecule has 0 radical (unpaired) electrons. The molecule has 2 aromatic rings. The first-order valence-corrected chi connectivity index (χ1v) is 12.8. The van der Waals surface area contributed by atoms with E-state index in [-0.39, 0.29) is 53.0 Å². The molecule has 32 heavy (non-hydrogen) atoms. The topological polar surface area (TPSA) is 136 Å². The monoisotopic (exact) mass is 482 g/mol. The van der Waals surface area contributed by atoms with Crippen LogP contribution in [0, 0.1) is 0 Å². The van der Waals surface area contributed by atoms with Gasteiger partial charge in [-0.1, -0.05) is 0 Å². The number of hydrogen-bond donors (Lipinski definition) is 1. The van der Waals surface area contributed by atoms with Crippen molar-refractivity contribution in [2.45, 2.75) is 25.2 Å². The van der Waals surface area contributed by atoms with Crippen LogP contribution in [0.15, 0.2) is 47.4 Å². The number of amides is 1. The van der Waals surface area contributed by atoms with Crippen molar-refractivity contribution >= 4 is 43.3 Å². The van der Waals surface area contributed by atoms with Crippen molar-refractivity contribution in [2.24, 2.45) is 0 Å². The summed E-state index contributed by atoms with van der Waals surface area (Å²) in [7, 11) is -8.11. The molecule has 1 amide bonds. The molecule has 1 fully saturated rings. The number of nitrogens with zero attached hydrogens (tertiary/aromatic N) is 1. The standard InChI is InChI=1S/C20H22N2O8S2/c1-3-29-17-10-9-16(22-19(23)11-12-31(22,25)26)13-18(17)32(27,28)21-15-7-5-14(6-8-15)20(24)30-4-2/h5-10,13,21H,3-4,11-12H2,1-2H3.